The average molecular weight is 311 g/mol. The Morgan fingerprint density at radius 1 is 1.29 bits per heavy atom. The zero-order chi connectivity index (χ0) is 15.8. The number of hydrogen-bond acceptors (Lipinski definition) is 4. The molecule has 0 saturated heterocycles. The summed E-state index contributed by atoms with van der Waals surface area (Å²) in [6.07, 6.45) is -0.635. The number of carbonyl (C=O) groups excluding carboxylic acids is 1. The van der Waals surface area contributed by atoms with Crippen LogP contribution in [0.25, 0.3) is 0 Å². The molecule has 0 spiro atoms. The predicted molar refractivity (Wildman–Crippen MR) is 79.2 cm³/mol. The van der Waals surface area contributed by atoms with E-state index in [0.29, 0.717) is 5.75 Å². The van der Waals surface area contributed by atoms with Crippen molar-refractivity contribution in [3.8, 4) is 0 Å². The molecule has 0 unspecified atom stereocenters. The van der Waals surface area contributed by atoms with Crippen LogP contribution in [0.4, 0.5) is 0 Å². The van der Waals surface area contributed by atoms with Gasteiger partial charge in [-0.15, -0.1) is 11.8 Å². The first-order chi connectivity index (χ1) is 9.88. The second-order valence-electron chi connectivity index (χ2n) is 4.54. The Balaban J connectivity index is 2.39. The number of aryl methyl sites for hydroxylation is 1. The maximum atomic E-state index is 11.6. The van der Waals surface area contributed by atoms with E-state index in [4.69, 9.17) is 10.2 Å². The van der Waals surface area contributed by atoms with Gasteiger partial charge in [-0.2, -0.15) is 0 Å². The van der Waals surface area contributed by atoms with Crippen LogP contribution in [0.2, 0.25) is 0 Å². The largest absolute Gasteiger partial charge is 0.481 e. The van der Waals surface area contributed by atoms with E-state index in [1.54, 1.807) is 0 Å². The number of nitrogens with one attached hydrogen (secondary N) is 1. The van der Waals surface area contributed by atoms with E-state index in [1.165, 1.54) is 11.8 Å². The molecule has 1 aromatic carbocycles. The Labute approximate surface area is 126 Å². The number of thioether (sulfide) groups is 1. The average Bonchev–Trinajstić information content (AvgIpc) is 2.37. The normalized spacial score (nSPS) is 11.7. The van der Waals surface area contributed by atoms with Gasteiger partial charge in [-0.1, -0.05) is 29.8 Å². The molecule has 0 heterocycles. The molecule has 0 saturated carbocycles. The van der Waals surface area contributed by atoms with Crippen molar-refractivity contribution in [1.82, 2.24) is 5.32 Å². The van der Waals surface area contributed by atoms with Crippen LogP contribution in [0.1, 0.15) is 17.5 Å². The van der Waals surface area contributed by atoms with Crippen LogP contribution in [0, 0.1) is 6.92 Å². The SMILES string of the molecule is Cc1cccc(CSCC(=O)N[C@H](CC(=O)O)C(=O)O)c1. The Bertz CT molecular complexity index is 532. The van der Waals surface area contributed by atoms with E-state index >= 15 is 0 Å². The highest BCUT2D eigenvalue weighted by molar-refractivity contribution is 7.99. The van der Waals surface area contributed by atoms with Crippen molar-refractivity contribution in [1.29, 1.82) is 0 Å². The summed E-state index contributed by atoms with van der Waals surface area (Å²) in [6.45, 7) is 1.98. The maximum absolute atomic E-state index is 11.6. The van der Waals surface area contributed by atoms with Gasteiger partial charge in [0.15, 0.2) is 0 Å². The second-order valence-corrected chi connectivity index (χ2v) is 5.52. The van der Waals surface area contributed by atoms with Gasteiger partial charge in [-0.05, 0) is 12.5 Å². The van der Waals surface area contributed by atoms with Gasteiger partial charge in [0, 0.05) is 5.75 Å². The van der Waals surface area contributed by atoms with Gasteiger partial charge in [-0.25, -0.2) is 4.79 Å². The molecule has 1 rings (SSSR count). The minimum absolute atomic E-state index is 0.0807. The van der Waals surface area contributed by atoms with Crippen molar-refractivity contribution in [2.45, 2.75) is 25.1 Å². The Kier molecular flexibility index (Phi) is 6.74. The van der Waals surface area contributed by atoms with Crippen LogP contribution in [-0.4, -0.2) is 39.9 Å². The fraction of sp³-hybridized carbons (Fsp3) is 0.357. The first-order valence-electron chi connectivity index (χ1n) is 6.25. The van der Waals surface area contributed by atoms with Gasteiger partial charge in [0.2, 0.25) is 5.91 Å². The first-order valence-corrected chi connectivity index (χ1v) is 7.41. The molecular weight excluding hydrogens is 294 g/mol. The van der Waals surface area contributed by atoms with E-state index in [9.17, 15) is 14.4 Å². The van der Waals surface area contributed by atoms with Crippen LogP contribution in [0.5, 0.6) is 0 Å². The third kappa shape index (κ3) is 6.80. The lowest BCUT2D eigenvalue weighted by molar-refractivity contribution is -0.147. The van der Waals surface area contributed by atoms with Crippen molar-refractivity contribution in [2.75, 3.05) is 5.75 Å². The zero-order valence-corrected chi connectivity index (χ0v) is 12.4. The van der Waals surface area contributed by atoms with E-state index in [1.807, 2.05) is 31.2 Å². The third-order valence-corrected chi connectivity index (χ3v) is 3.60. The van der Waals surface area contributed by atoms with E-state index in [0.717, 1.165) is 11.1 Å². The van der Waals surface area contributed by atoms with E-state index in [-0.39, 0.29) is 5.75 Å². The van der Waals surface area contributed by atoms with Crippen molar-refractivity contribution in [2.24, 2.45) is 0 Å². The molecule has 6 nitrogen and oxygen atoms in total. The molecule has 3 N–H and O–H groups in total. The number of hydrogen-bond donors (Lipinski definition) is 3. The minimum Gasteiger partial charge on any atom is -0.481 e. The number of carboxylic acid groups (broad SMARTS) is 2. The molecule has 21 heavy (non-hydrogen) atoms. The summed E-state index contributed by atoms with van der Waals surface area (Å²) < 4.78 is 0. The van der Waals surface area contributed by atoms with Crippen LogP contribution >= 0.6 is 11.8 Å². The standard InChI is InChI=1S/C14H17NO5S/c1-9-3-2-4-10(5-9)7-21-8-12(16)15-11(14(19)20)6-13(17)18/h2-5,11H,6-8H2,1H3,(H,15,16)(H,17,18)(H,19,20)/t11-/m1/s1. The van der Waals surface area contributed by atoms with E-state index < -0.39 is 30.3 Å². The van der Waals surface area contributed by atoms with Crippen LogP contribution in [-0.2, 0) is 20.1 Å². The molecule has 0 radical (unpaired) electrons. The fourth-order valence-corrected chi connectivity index (χ4v) is 2.46. The zero-order valence-electron chi connectivity index (χ0n) is 11.5. The third-order valence-electron chi connectivity index (χ3n) is 2.60. The highest BCUT2D eigenvalue weighted by Gasteiger charge is 2.22. The Morgan fingerprint density at radius 3 is 2.57 bits per heavy atom. The maximum Gasteiger partial charge on any atom is 0.326 e. The van der Waals surface area contributed by atoms with Gasteiger partial charge in [0.05, 0.1) is 12.2 Å². The highest BCUT2D eigenvalue weighted by Crippen LogP contribution is 2.13. The summed E-state index contributed by atoms with van der Waals surface area (Å²) in [5.41, 5.74) is 2.21. The van der Waals surface area contributed by atoms with Gasteiger partial charge in [0.1, 0.15) is 6.04 Å². The fourth-order valence-electron chi connectivity index (χ4n) is 1.67. The Morgan fingerprint density at radius 2 is 2.00 bits per heavy atom. The lowest BCUT2D eigenvalue weighted by atomic mass is 10.2. The summed E-state index contributed by atoms with van der Waals surface area (Å²) in [5, 5.41) is 19.6. The molecular formula is C14H17NO5S. The number of aliphatic carboxylic acids is 2. The van der Waals surface area contributed by atoms with Crippen molar-refractivity contribution in [3.05, 3.63) is 35.4 Å². The molecule has 0 aliphatic carbocycles. The molecule has 0 fully saturated rings. The summed E-state index contributed by atoms with van der Waals surface area (Å²) in [7, 11) is 0. The number of benzene rings is 1. The molecule has 1 amide bonds. The monoisotopic (exact) mass is 311 g/mol. The number of carboxylic acids is 2. The van der Waals surface area contributed by atoms with E-state index in [2.05, 4.69) is 5.32 Å². The molecule has 1 atom stereocenters. The second kappa shape index (κ2) is 8.31. The number of amides is 1. The van der Waals surface area contributed by atoms with Gasteiger partial charge in [0.25, 0.3) is 0 Å². The van der Waals surface area contributed by atoms with Crippen LogP contribution in [0.15, 0.2) is 24.3 Å². The highest BCUT2D eigenvalue weighted by atomic mass is 32.2. The molecule has 0 aliphatic heterocycles. The molecule has 114 valence electrons. The topological polar surface area (TPSA) is 104 Å². The number of rotatable bonds is 8. The van der Waals surface area contributed by atoms with Gasteiger partial charge >= 0.3 is 11.9 Å². The summed E-state index contributed by atoms with van der Waals surface area (Å²) in [5.74, 6) is -2.39. The minimum atomic E-state index is -1.39. The quantitative estimate of drug-likeness (QED) is 0.668. The lowest BCUT2D eigenvalue weighted by Gasteiger charge is -2.12. The summed E-state index contributed by atoms with van der Waals surface area (Å²) >= 11 is 1.34. The summed E-state index contributed by atoms with van der Waals surface area (Å²) in [6, 6.07) is 6.47. The Hall–Kier alpha value is -2.02. The molecule has 1 aromatic rings. The molecule has 0 bridgehead atoms. The number of carbonyl (C=O) groups is 3. The molecule has 0 aromatic heterocycles. The van der Waals surface area contributed by atoms with Crippen LogP contribution < -0.4 is 5.32 Å². The van der Waals surface area contributed by atoms with Crippen molar-refractivity contribution < 1.29 is 24.6 Å². The lowest BCUT2D eigenvalue weighted by Crippen LogP contribution is -2.43. The van der Waals surface area contributed by atoms with Gasteiger partial charge in [-0.3, -0.25) is 9.59 Å². The van der Waals surface area contributed by atoms with Crippen molar-refractivity contribution in [3.63, 3.8) is 0 Å². The predicted octanol–water partition coefficient (Wildman–Crippen LogP) is 1.27. The van der Waals surface area contributed by atoms with Crippen molar-refractivity contribution >= 4 is 29.6 Å². The first kappa shape index (κ1) is 17.0. The summed E-state index contributed by atoms with van der Waals surface area (Å²) in [4.78, 5) is 32.9. The smallest absolute Gasteiger partial charge is 0.326 e. The van der Waals surface area contributed by atoms with Crippen LogP contribution in [0.3, 0.4) is 0 Å². The van der Waals surface area contributed by atoms with Gasteiger partial charge < -0.3 is 15.5 Å². The molecule has 7 heteroatoms. The molecule has 0 aliphatic rings.